The summed E-state index contributed by atoms with van der Waals surface area (Å²) in [6.07, 6.45) is 2.59. The quantitative estimate of drug-likeness (QED) is 0.320. The summed E-state index contributed by atoms with van der Waals surface area (Å²) in [6.45, 7) is 6.22. The number of guanidine groups is 1. The second-order valence-electron chi connectivity index (χ2n) is 5.78. The molecule has 0 fully saturated rings. The van der Waals surface area contributed by atoms with Gasteiger partial charge >= 0.3 is 0 Å². The fraction of sp³-hybridized carbons (Fsp3) is 0.500. The van der Waals surface area contributed by atoms with Gasteiger partial charge in [-0.15, -0.1) is 34.2 Å². The summed E-state index contributed by atoms with van der Waals surface area (Å²) >= 11 is 0. The van der Waals surface area contributed by atoms with Crippen molar-refractivity contribution in [3.8, 4) is 11.5 Å². The Morgan fingerprint density at radius 3 is 2.78 bits per heavy atom. The van der Waals surface area contributed by atoms with E-state index in [1.54, 1.807) is 20.5 Å². The first kappa shape index (κ1) is 23.0. The summed E-state index contributed by atoms with van der Waals surface area (Å²) in [7, 11) is 3.39. The van der Waals surface area contributed by atoms with Crippen LogP contribution in [0.25, 0.3) is 0 Å². The maximum Gasteiger partial charge on any atom is 0.191 e. The summed E-state index contributed by atoms with van der Waals surface area (Å²) in [5.41, 5.74) is 0. The molecular weight excluding hydrogens is 459 g/mol. The average Bonchev–Trinajstić information content (AvgIpc) is 3.12. The predicted molar refractivity (Wildman–Crippen MR) is 117 cm³/mol. The molecule has 0 spiro atoms. The van der Waals surface area contributed by atoms with Gasteiger partial charge in [-0.25, -0.2) is 0 Å². The van der Waals surface area contributed by atoms with Gasteiger partial charge in [0.1, 0.15) is 29.8 Å². The molecule has 1 atom stereocenters. The van der Waals surface area contributed by atoms with Crippen LogP contribution < -0.4 is 20.1 Å². The van der Waals surface area contributed by atoms with Gasteiger partial charge in [0.25, 0.3) is 0 Å². The lowest BCUT2D eigenvalue weighted by atomic mass is 10.3. The van der Waals surface area contributed by atoms with E-state index in [4.69, 9.17) is 9.47 Å². The molecule has 9 heteroatoms. The highest BCUT2D eigenvalue weighted by Crippen LogP contribution is 2.19. The Labute approximate surface area is 177 Å². The Morgan fingerprint density at radius 2 is 2.07 bits per heavy atom. The number of methoxy groups -OCH3 is 1. The highest BCUT2D eigenvalue weighted by molar-refractivity contribution is 14.0. The van der Waals surface area contributed by atoms with Crippen LogP contribution in [0.5, 0.6) is 11.5 Å². The molecule has 0 aliphatic carbocycles. The highest BCUT2D eigenvalue weighted by atomic mass is 127. The molecule has 150 valence electrons. The average molecular weight is 488 g/mol. The highest BCUT2D eigenvalue weighted by Gasteiger charge is 2.07. The van der Waals surface area contributed by atoms with Crippen LogP contribution in [0.3, 0.4) is 0 Å². The number of ether oxygens (including phenoxy) is 2. The van der Waals surface area contributed by atoms with Gasteiger partial charge in [0.2, 0.25) is 0 Å². The molecule has 0 saturated carbocycles. The summed E-state index contributed by atoms with van der Waals surface area (Å²) in [4.78, 5) is 4.23. The molecule has 2 N–H and O–H groups in total. The zero-order valence-corrected chi connectivity index (χ0v) is 18.6. The molecule has 0 amide bonds. The normalized spacial score (nSPS) is 12.1. The van der Waals surface area contributed by atoms with E-state index in [1.807, 2.05) is 35.8 Å². The predicted octanol–water partition coefficient (Wildman–Crippen LogP) is 2.10. The minimum absolute atomic E-state index is 0. The van der Waals surface area contributed by atoms with Crippen molar-refractivity contribution >= 4 is 29.9 Å². The third-order valence-electron chi connectivity index (χ3n) is 3.82. The third kappa shape index (κ3) is 7.61. The smallest absolute Gasteiger partial charge is 0.191 e. The zero-order valence-electron chi connectivity index (χ0n) is 16.3. The number of aryl methyl sites for hydroxylation is 1. The molecule has 0 aliphatic rings. The fourth-order valence-corrected chi connectivity index (χ4v) is 2.44. The third-order valence-corrected chi connectivity index (χ3v) is 3.82. The molecule has 0 bridgehead atoms. The Hall–Kier alpha value is -2.04. The summed E-state index contributed by atoms with van der Waals surface area (Å²) < 4.78 is 13.1. The van der Waals surface area contributed by atoms with E-state index in [1.165, 1.54) is 0 Å². The number of aliphatic imine (C=N–C) groups is 1. The molecule has 2 rings (SSSR count). The van der Waals surface area contributed by atoms with Crippen molar-refractivity contribution in [2.75, 3.05) is 27.2 Å². The van der Waals surface area contributed by atoms with E-state index in [0.29, 0.717) is 6.54 Å². The van der Waals surface area contributed by atoms with Crippen LogP contribution in [0.15, 0.2) is 35.6 Å². The van der Waals surface area contributed by atoms with Gasteiger partial charge in [-0.3, -0.25) is 4.99 Å². The van der Waals surface area contributed by atoms with Crippen LogP contribution in [0, 0.1) is 0 Å². The Morgan fingerprint density at radius 1 is 1.30 bits per heavy atom. The molecule has 0 saturated heterocycles. The van der Waals surface area contributed by atoms with Crippen molar-refractivity contribution in [3.05, 3.63) is 36.4 Å². The van der Waals surface area contributed by atoms with E-state index in [9.17, 15) is 0 Å². The van der Waals surface area contributed by atoms with E-state index in [0.717, 1.165) is 42.8 Å². The van der Waals surface area contributed by atoms with Crippen LogP contribution in [0.1, 0.15) is 19.7 Å². The number of aromatic nitrogens is 3. The number of hydrogen-bond donors (Lipinski definition) is 2. The van der Waals surface area contributed by atoms with Gasteiger partial charge in [0.15, 0.2) is 5.96 Å². The van der Waals surface area contributed by atoms with Crippen molar-refractivity contribution in [1.82, 2.24) is 25.4 Å². The van der Waals surface area contributed by atoms with Crippen molar-refractivity contribution in [2.24, 2.45) is 4.99 Å². The lowest BCUT2D eigenvalue weighted by molar-refractivity contribution is 0.223. The molecule has 8 nitrogen and oxygen atoms in total. The minimum atomic E-state index is -0.0230. The lowest BCUT2D eigenvalue weighted by Crippen LogP contribution is -2.42. The maximum atomic E-state index is 5.90. The van der Waals surface area contributed by atoms with E-state index in [2.05, 4.69) is 32.7 Å². The fourth-order valence-electron chi connectivity index (χ4n) is 2.44. The lowest BCUT2D eigenvalue weighted by Gasteiger charge is -2.18. The van der Waals surface area contributed by atoms with Crippen LogP contribution in [0.4, 0.5) is 0 Å². The monoisotopic (exact) mass is 488 g/mol. The summed E-state index contributed by atoms with van der Waals surface area (Å²) in [5.74, 6) is 3.27. The number of hydrogen-bond acceptors (Lipinski definition) is 5. The molecule has 1 aromatic heterocycles. The van der Waals surface area contributed by atoms with Crippen molar-refractivity contribution in [3.63, 3.8) is 0 Å². The van der Waals surface area contributed by atoms with Gasteiger partial charge in [-0.1, -0.05) is 13.0 Å². The van der Waals surface area contributed by atoms with Gasteiger partial charge < -0.3 is 24.7 Å². The number of benzene rings is 1. The first-order chi connectivity index (χ1) is 12.7. The van der Waals surface area contributed by atoms with Crippen molar-refractivity contribution < 1.29 is 9.47 Å². The van der Waals surface area contributed by atoms with Crippen molar-refractivity contribution in [2.45, 2.75) is 32.9 Å². The second-order valence-corrected chi connectivity index (χ2v) is 5.78. The van der Waals surface area contributed by atoms with Gasteiger partial charge in [0.05, 0.1) is 13.7 Å². The molecule has 1 unspecified atom stereocenters. The second kappa shape index (κ2) is 12.4. The molecule has 0 radical (unpaired) electrons. The minimum Gasteiger partial charge on any atom is -0.497 e. The Kier molecular flexibility index (Phi) is 10.5. The largest absolute Gasteiger partial charge is 0.497 e. The maximum absolute atomic E-state index is 5.90. The van der Waals surface area contributed by atoms with Crippen LogP contribution in [-0.2, 0) is 13.0 Å². The standard InChI is InChI=1S/C18H28N6O2.HI/c1-5-17-23-22-13-24(17)10-9-20-18(19-3)21-12-14(2)26-16-8-6-7-15(11-16)25-4;/h6-8,11,13-14H,5,9-10,12H2,1-4H3,(H2,19,20,21);1H. The molecule has 2 aromatic rings. The molecule has 0 aliphatic heterocycles. The zero-order chi connectivity index (χ0) is 18.8. The number of rotatable bonds is 9. The van der Waals surface area contributed by atoms with Crippen LogP contribution in [0.2, 0.25) is 0 Å². The number of nitrogens with one attached hydrogen (secondary N) is 2. The van der Waals surface area contributed by atoms with Crippen molar-refractivity contribution in [1.29, 1.82) is 0 Å². The number of halogens is 1. The molecular formula is C18H29IN6O2. The van der Waals surface area contributed by atoms with Gasteiger partial charge in [-0.2, -0.15) is 0 Å². The SMILES string of the molecule is CCc1nncn1CCNC(=NC)NCC(C)Oc1cccc(OC)c1.I. The van der Waals surface area contributed by atoms with Gasteiger partial charge in [-0.05, 0) is 19.1 Å². The first-order valence-corrected chi connectivity index (χ1v) is 8.78. The summed E-state index contributed by atoms with van der Waals surface area (Å²) in [6, 6.07) is 7.58. The van der Waals surface area contributed by atoms with Crippen LogP contribution >= 0.6 is 24.0 Å². The van der Waals surface area contributed by atoms with E-state index < -0.39 is 0 Å². The molecule has 1 aromatic carbocycles. The number of nitrogens with zero attached hydrogens (tertiary/aromatic N) is 4. The van der Waals surface area contributed by atoms with Crippen LogP contribution in [-0.4, -0.2) is 54.1 Å². The first-order valence-electron chi connectivity index (χ1n) is 8.78. The molecule has 1 heterocycles. The summed E-state index contributed by atoms with van der Waals surface area (Å²) in [5, 5.41) is 14.6. The van der Waals surface area contributed by atoms with E-state index >= 15 is 0 Å². The topological polar surface area (TPSA) is 85.6 Å². The van der Waals surface area contributed by atoms with E-state index in [-0.39, 0.29) is 30.1 Å². The van der Waals surface area contributed by atoms with Gasteiger partial charge in [0, 0.05) is 32.6 Å². The Balaban J connectivity index is 0.00000364. The Bertz CT molecular complexity index is 707. The molecule has 27 heavy (non-hydrogen) atoms.